The molecule has 0 spiro atoms. The Morgan fingerprint density at radius 3 is 0.357 bits per heavy atom. The SMILES string of the molecule is [Cl][Pt-]([Cl])([Cl])([Cl])([Cl])[Cl].[Cl][Pt-]([Cl])([Cl])([Cl])([Cl])[Cl].[H+].[H+]. The molecular formula is H2Cl12Pt2. The molecule has 0 aliphatic rings. The van der Waals surface area contributed by atoms with E-state index in [1.54, 1.807) is 0 Å². The van der Waals surface area contributed by atoms with E-state index < -0.39 is 14.6 Å². The standard InChI is InChI=1S/12ClH.2Pt/h12*1H;;/q;;;;;;;;;;;;2*+5/p-10. The summed E-state index contributed by atoms with van der Waals surface area (Å²) in [7, 11) is 50.0. The molecule has 0 N–H and O–H groups in total. The first kappa shape index (κ1) is 21.2. The molecular weight excluding hydrogens is 816 g/mol. The smallest absolute Gasteiger partial charge is 1.00 e. The van der Waals surface area contributed by atoms with Gasteiger partial charge in [0.1, 0.15) is 0 Å². The van der Waals surface area contributed by atoms with Crippen LogP contribution in [0.3, 0.4) is 0 Å². The van der Waals surface area contributed by atoms with E-state index in [1.165, 1.54) is 0 Å². The van der Waals surface area contributed by atoms with Gasteiger partial charge in [-0.3, -0.25) is 0 Å². The van der Waals surface area contributed by atoms with Crippen molar-refractivity contribution in [3.8, 4) is 0 Å². The van der Waals surface area contributed by atoms with Crippen molar-refractivity contribution in [2.75, 3.05) is 0 Å². The van der Waals surface area contributed by atoms with Gasteiger partial charge in [-0.15, -0.1) is 0 Å². The van der Waals surface area contributed by atoms with Gasteiger partial charge in [0.15, 0.2) is 0 Å². The summed E-state index contributed by atoms with van der Waals surface area (Å²) in [5.41, 5.74) is 0. The zero-order valence-corrected chi connectivity index (χ0v) is 18.8. The van der Waals surface area contributed by atoms with Gasteiger partial charge >= 0.3 is 130 Å². The van der Waals surface area contributed by atoms with Gasteiger partial charge in [-0.1, -0.05) is 0 Å². The van der Waals surface area contributed by atoms with E-state index in [-0.39, 0.29) is 2.85 Å². The third-order valence-electron chi connectivity index (χ3n) is 0. The van der Waals surface area contributed by atoms with Crippen LogP contribution in [0.4, 0.5) is 0 Å². The molecule has 0 aromatic heterocycles. The van der Waals surface area contributed by atoms with E-state index >= 15 is 0 Å². The van der Waals surface area contributed by atoms with E-state index in [1.807, 2.05) is 0 Å². The molecule has 0 nitrogen and oxygen atoms in total. The minimum Gasteiger partial charge on any atom is 1.00 e. The summed E-state index contributed by atoms with van der Waals surface area (Å²) in [5, 5.41) is 0. The maximum atomic E-state index is 5.05. The van der Waals surface area contributed by atoms with Crippen molar-refractivity contribution in [3.05, 3.63) is 0 Å². The maximum Gasteiger partial charge on any atom is 1.00 e. The van der Waals surface area contributed by atoms with Gasteiger partial charge < -0.3 is 0 Å². The summed E-state index contributed by atoms with van der Waals surface area (Å²) >= 11 is 0. The second-order valence-electron chi connectivity index (χ2n) is 1.36. The van der Waals surface area contributed by atoms with Crippen molar-refractivity contribution in [1.82, 2.24) is 0 Å². The molecule has 0 rings (SSSR count). The molecule has 0 heterocycles. The van der Waals surface area contributed by atoms with Gasteiger partial charge in [-0.2, -0.15) is 0 Å². The first-order valence-corrected chi connectivity index (χ1v) is 35.2. The minimum absolute atomic E-state index is 0. The summed E-state index contributed by atoms with van der Waals surface area (Å²) in [6.07, 6.45) is 0. The maximum absolute atomic E-state index is 5.29. The molecule has 0 aromatic carbocycles. The third-order valence-corrected chi connectivity index (χ3v) is 0. The van der Waals surface area contributed by atoms with Gasteiger partial charge in [0.05, 0.1) is 0 Å². The van der Waals surface area contributed by atoms with Gasteiger partial charge in [0, 0.05) is 0 Å². The Morgan fingerprint density at radius 2 is 0.357 bits per heavy atom. The Kier molecular flexibility index (Phi) is 6.31. The number of hydrogen-bond donors (Lipinski definition) is 0. The summed E-state index contributed by atoms with van der Waals surface area (Å²) < 4.78 is 0. The van der Waals surface area contributed by atoms with Gasteiger partial charge in [0.2, 0.25) is 0 Å². The van der Waals surface area contributed by atoms with Crippen LogP contribution < -0.4 is 0 Å². The fourth-order valence-electron chi connectivity index (χ4n) is 0. The Labute approximate surface area is 128 Å². The first-order valence-electron chi connectivity index (χ1n) is 1.43. The van der Waals surface area contributed by atoms with Crippen LogP contribution in [0, 0.1) is 0 Å². The Morgan fingerprint density at radius 1 is 0.357 bits per heavy atom. The summed E-state index contributed by atoms with van der Waals surface area (Å²) in [5.74, 6) is 0. The molecule has 0 unspecified atom stereocenters. The van der Waals surface area contributed by atoms with Crippen molar-refractivity contribution in [2.45, 2.75) is 0 Å². The Hall–Kier alpha value is 4.86. The normalized spacial score (nSPS) is 23.1. The summed E-state index contributed by atoms with van der Waals surface area (Å²) in [6, 6.07) is 0. The molecule has 0 aromatic rings. The van der Waals surface area contributed by atoms with E-state index in [9.17, 15) is 0 Å². The van der Waals surface area contributed by atoms with Crippen molar-refractivity contribution in [3.63, 3.8) is 0 Å². The van der Waals surface area contributed by atoms with E-state index in [0.717, 1.165) is 0 Å². The monoisotopic (exact) mass is 812 g/mol. The predicted octanol–water partition coefficient (Wildman–Crippen LogP) is 8.49. The van der Waals surface area contributed by atoms with Crippen LogP contribution in [0.1, 0.15) is 2.85 Å². The van der Waals surface area contributed by atoms with Crippen LogP contribution in [0.25, 0.3) is 0 Å². The predicted molar refractivity (Wildman–Crippen MR) is 72.5 cm³/mol. The van der Waals surface area contributed by atoms with Gasteiger partial charge in [-0.05, 0) is 0 Å². The number of hydrogen-bond acceptors (Lipinski definition) is 0. The van der Waals surface area contributed by atoms with Crippen LogP contribution in [0.2, 0.25) is 0 Å². The summed E-state index contributed by atoms with van der Waals surface area (Å²) in [4.78, 5) is 0. The van der Waals surface area contributed by atoms with Gasteiger partial charge in [-0.25, -0.2) is 0 Å². The van der Waals surface area contributed by atoms with E-state index in [4.69, 9.17) is 113 Å². The molecule has 14 heteroatoms. The quantitative estimate of drug-likeness (QED) is 0.230. The largest absolute Gasteiger partial charge is 1.00 e. The van der Waals surface area contributed by atoms with Crippen molar-refractivity contribution in [1.29, 1.82) is 0 Å². The second kappa shape index (κ2) is 4.18. The Bertz CT molecular complexity index is 164. The van der Waals surface area contributed by atoms with Crippen LogP contribution in [0.5, 0.6) is 0 Å². The second-order valence-corrected chi connectivity index (χ2v) is 99.8. The molecule has 0 radical (unpaired) electrons. The zero-order chi connectivity index (χ0) is 12.8. The van der Waals surface area contributed by atoms with Crippen molar-refractivity contribution < 1.29 is 17.5 Å². The van der Waals surface area contributed by atoms with Crippen LogP contribution >= 0.6 is 113 Å². The van der Waals surface area contributed by atoms with Gasteiger partial charge in [0.25, 0.3) is 0 Å². The summed E-state index contributed by atoms with van der Waals surface area (Å²) in [6.45, 7) is 0. The minimum atomic E-state index is -5.29. The fraction of sp³-hybridized carbons (Fsp3) is 0. The molecule has 0 atom stereocenters. The molecule has 0 amide bonds. The molecule has 0 saturated heterocycles. The molecule has 14 heavy (non-hydrogen) atoms. The third kappa shape index (κ3) is 180. The van der Waals surface area contributed by atoms with Crippen LogP contribution in [-0.4, -0.2) is 0 Å². The zero-order valence-electron chi connectivity index (χ0n) is 7.17. The average molecular weight is 818 g/mol. The van der Waals surface area contributed by atoms with E-state index in [2.05, 4.69) is 0 Å². The topological polar surface area (TPSA) is 0 Å². The van der Waals surface area contributed by atoms with Crippen LogP contribution in [-0.2, 0) is 14.6 Å². The average Bonchev–Trinajstić information content (AvgIpc) is 0.938. The molecule has 0 bridgehead atoms. The first-order chi connectivity index (χ1) is 4.90. The fourth-order valence-corrected chi connectivity index (χ4v) is 0. The molecule has 0 fully saturated rings. The van der Waals surface area contributed by atoms with E-state index in [0.29, 0.717) is 0 Å². The molecule has 0 aliphatic carbocycles. The molecule has 106 valence electrons. The molecule has 0 aliphatic heterocycles. The van der Waals surface area contributed by atoms with Crippen molar-refractivity contribution in [2.24, 2.45) is 0 Å². The van der Waals surface area contributed by atoms with Crippen molar-refractivity contribution >= 4 is 113 Å². The number of rotatable bonds is 0. The Balaban J connectivity index is -0.0000000800. The van der Waals surface area contributed by atoms with Crippen LogP contribution in [0.15, 0.2) is 0 Å². The molecule has 0 saturated carbocycles. The number of halogens is 12.